The molecule has 0 amide bonds. The van der Waals surface area contributed by atoms with Crippen LogP contribution in [0.25, 0.3) is 0 Å². The first-order chi connectivity index (χ1) is 7.14. The van der Waals surface area contributed by atoms with Crippen LogP contribution in [-0.2, 0) is 9.53 Å². The third kappa shape index (κ3) is 3.47. The molecule has 1 unspecified atom stereocenters. The van der Waals surface area contributed by atoms with E-state index in [2.05, 4.69) is 0 Å². The van der Waals surface area contributed by atoms with Gasteiger partial charge in [-0.15, -0.1) is 0 Å². The highest BCUT2D eigenvalue weighted by atomic mass is 16.5. The van der Waals surface area contributed by atoms with E-state index in [9.17, 15) is 9.90 Å². The third-order valence-electron chi connectivity index (χ3n) is 3.15. The van der Waals surface area contributed by atoms with Gasteiger partial charge in [0.15, 0.2) is 0 Å². The lowest BCUT2D eigenvalue weighted by atomic mass is 9.79. The molecule has 0 heterocycles. The normalized spacial score (nSPS) is 19.9. The van der Waals surface area contributed by atoms with Gasteiger partial charge in [-0.1, -0.05) is 12.8 Å². The van der Waals surface area contributed by atoms with E-state index in [0.717, 1.165) is 12.8 Å². The summed E-state index contributed by atoms with van der Waals surface area (Å²) in [5.74, 6) is -0.192. The van der Waals surface area contributed by atoms with Crippen molar-refractivity contribution in [2.75, 3.05) is 19.8 Å². The molecule has 0 aromatic rings. The topological polar surface area (TPSA) is 72.5 Å². The Bertz CT molecular complexity index is 216. The molecular formula is C11H21NO3. The fourth-order valence-electron chi connectivity index (χ4n) is 1.86. The second kappa shape index (κ2) is 5.47. The van der Waals surface area contributed by atoms with Crippen molar-refractivity contribution in [2.45, 2.75) is 32.6 Å². The average molecular weight is 215 g/mol. The number of ether oxygens (including phenoxy) is 1. The second-order valence-electron chi connectivity index (χ2n) is 4.38. The smallest absolute Gasteiger partial charge is 0.311 e. The number of rotatable bonds is 8. The molecule has 4 heteroatoms. The molecule has 0 aromatic heterocycles. The number of carboxylic acids is 1. The van der Waals surface area contributed by atoms with E-state index >= 15 is 0 Å². The lowest BCUT2D eigenvalue weighted by Gasteiger charge is -2.27. The highest BCUT2D eigenvalue weighted by Gasteiger charge is 2.41. The van der Waals surface area contributed by atoms with E-state index in [-0.39, 0.29) is 6.54 Å². The summed E-state index contributed by atoms with van der Waals surface area (Å²) in [7, 11) is 0. The van der Waals surface area contributed by atoms with Gasteiger partial charge >= 0.3 is 5.97 Å². The van der Waals surface area contributed by atoms with Crippen molar-refractivity contribution >= 4 is 5.97 Å². The summed E-state index contributed by atoms with van der Waals surface area (Å²) in [6, 6.07) is 0. The van der Waals surface area contributed by atoms with Gasteiger partial charge in [-0.3, -0.25) is 4.79 Å². The molecule has 88 valence electrons. The maximum atomic E-state index is 11.3. The summed E-state index contributed by atoms with van der Waals surface area (Å²) in [6.07, 6.45) is 3.56. The Kier molecular flexibility index (Phi) is 4.54. The second-order valence-corrected chi connectivity index (χ2v) is 4.38. The minimum absolute atomic E-state index is 0.214. The monoisotopic (exact) mass is 215 g/mol. The summed E-state index contributed by atoms with van der Waals surface area (Å²) in [6.45, 7) is 3.24. The van der Waals surface area contributed by atoms with E-state index in [4.69, 9.17) is 10.5 Å². The van der Waals surface area contributed by atoms with Crippen molar-refractivity contribution in [3.05, 3.63) is 0 Å². The van der Waals surface area contributed by atoms with Crippen LogP contribution < -0.4 is 5.73 Å². The van der Waals surface area contributed by atoms with Gasteiger partial charge in [0.1, 0.15) is 0 Å². The van der Waals surface area contributed by atoms with Crippen molar-refractivity contribution in [3.63, 3.8) is 0 Å². The van der Waals surface area contributed by atoms with E-state index in [0.29, 0.717) is 32.0 Å². The predicted molar refractivity (Wildman–Crippen MR) is 57.6 cm³/mol. The zero-order chi connectivity index (χ0) is 11.3. The number of hydrogen-bond acceptors (Lipinski definition) is 3. The summed E-state index contributed by atoms with van der Waals surface area (Å²) in [5, 5.41) is 9.26. The summed E-state index contributed by atoms with van der Waals surface area (Å²) in [5.41, 5.74) is 4.88. The van der Waals surface area contributed by atoms with E-state index in [1.807, 2.05) is 6.92 Å². The SMILES string of the molecule is CCOCCC(CN)(CC1CC1)C(=O)O. The van der Waals surface area contributed by atoms with Crippen molar-refractivity contribution in [1.29, 1.82) is 0 Å². The minimum atomic E-state index is -0.767. The maximum Gasteiger partial charge on any atom is 0.311 e. The molecule has 4 nitrogen and oxygen atoms in total. The van der Waals surface area contributed by atoms with Crippen molar-refractivity contribution in [1.82, 2.24) is 0 Å². The van der Waals surface area contributed by atoms with Crippen LogP contribution in [0.5, 0.6) is 0 Å². The van der Waals surface area contributed by atoms with Crippen LogP contribution in [0.2, 0.25) is 0 Å². The summed E-state index contributed by atoms with van der Waals surface area (Å²) < 4.78 is 5.22. The lowest BCUT2D eigenvalue weighted by Crippen LogP contribution is -2.40. The summed E-state index contributed by atoms with van der Waals surface area (Å²) >= 11 is 0. The van der Waals surface area contributed by atoms with Gasteiger partial charge in [0, 0.05) is 19.8 Å². The molecule has 0 radical (unpaired) electrons. The molecule has 1 saturated carbocycles. The van der Waals surface area contributed by atoms with Crippen LogP contribution in [0, 0.1) is 11.3 Å². The van der Waals surface area contributed by atoms with Gasteiger partial charge in [0.05, 0.1) is 5.41 Å². The van der Waals surface area contributed by atoms with Crippen LogP contribution in [0.4, 0.5) is 0 Å². The zero-order valence-electron chi connectivity index (χ0n) is 9.37. The van der Waals surface area contributed by atoms with Crippen LogP contribution in [-0.4, -0.2) is 30.8 Å². The quantitative estimate of drug-likeness (QED) is 0.597. The summed E-state index contributed by atoms with van der Waals surface area (Å²) in [4.78, 5) is 11.3. The standard InChI is InChI=1S/C11H21NO3/c1-2-15-6-5-11(8-12,10(13)14)7-9-3-4-9/h9H,2-8,12H2,1H3,(H,13,14). The van der Waals surface area contributed by atoms with Crippen molar-refractivity contribution in [3.8, 4) is 0 Å². The molecule has 0 bridgehead atoms. The molecule has 1 fully saturated rings. The highest BCUT2D eigenvalue weighted by Crippen LogP contribution is 2.41. The van der Waals surface area contributed by atoms with E-state index in [1.165, 1.54) is 0 Å². The third-order valence-corrected chi connectivity index (χ3v) is 3.15. The Morgan fingerprint density at radius 2 is 2.27 bits per heavy atom. The largest absolute Gasteiger partial charge is 0.481 e. The number of aliphatic carboxylic acids is 1. The van der Waals surface area contributed by atoms with Crippen molar-refractivity contribution in [2.24, 2.45) is 17.1 Å². The van der Waals surface area contributed by atoms with Gasteiger partial charge in [-0.2, -0.15) is 0 Å². The Hall–Kier alpha value is -0.610. The van der Waals surface area contributed by atoms with Gasteiger partial charge in [0.25, 0.3) is 0 Å². The van der Waals surface area contributed by atoms with E-state index in [1.54, 1.807) is 0 Å². The molecule has 1 aliphatic carbocycles. The zero-order valence-corrected chi connectivity index (χ0v) is 9.37. The van der Waals surface area contributed by atoms with Crippen LogP contribution in [0.1, 0.15) is 32.6 Å². The molecule has 0 spiro atoms. The molecular weight excluding hydrogens is 194 g/mol. The Morgan fingerprint density at radius 1 is 1.60 bits per heavy atom. The lowest BCUT2D eigenvalue weighted by molar-refractivity contribution is -0.150. The van der Waals surface area contributed by atoms with Crippen LogP contribution in [0.15, 0.2) is 0 Å². The first kappa shape index (κ1) is 12.5. The molecule has 1 rings (SSSR count). The molecule has 15 heavy (non-hydrogen) atoms. The molecule has 1 aliphatic rings. The number of nitrogens with two attached hydrogens (primary N) is 1. The first-order valence-electron chi connectivity index (χ1n) is 5.66. The molecule has 0 saturated heterocycles. The number of carbonyl (C=O) groups is 1. The van der Waals surface area contributed by atoms with Crippen LogP contribution >= 0.6 is 0 Å². The predicted octanol–water partition coefficient (Wildman–Crippen LogP) is 1.24. The molecule has 1 atom stereocenters. The van der Waals surface area contributed by atoms with Gasteiger partial charge < -0.3 is 15.6 Å². The average Bonchev–Trinajstić information content (AvgIpc) is 3.00. The molecule has 0 aromatic carbocycles. The number of carboxylic acid groups (broad SMARTS) is 1. The van der Waals surface area contributed by atoms with Gasteiger partial charge in [-0.25, -0.2) is 0 Å². The molecule has 0 aliphatic heterocycles. The maximum absolute atomic E-state index is 11.3. The fraction of sp³-hybridized carbons (Fsp3) is 0.909. The minimum Gasteiger partial charge on any atom is -0.481 e. The highest BCUT2D eigenvalue weighted by molar-refractivity contribution is 5.75. The Balaban J connectivity index is 2.51. The first-order valence-corrected chi connectivity index (χ1v) is 5.66. The van der Waals surface area contributed by atoms with Gasteiger partial charge in [0.2, 0.25) is 0 Å². The van der Waals surface area contributed by atoms with Crippen LogP contribution in [0.3, 0.4) is 0 Å². The van der Waals surface area contributed by atoms with E-state index < -0.39 is 11.4 Å². The Labute approximate surface area is 90.8 Å². The van der Waals surface area contributed by atoms with Gasteiger partial charge in [-0.05, 0) is 25.7 Å². The fourth-order valence-corrected chi connectivity index (χ4v) is 1.86. The number of hydrogen-bond donors (Lipinski definition) is 2. The Morgan fingerprint density at radius 3 is 2.67 bits per heavy atom. The van der Waals surface area contributed by atoms with Crippen molar-refractivity contribution < 1.29 is 14.6 Å². The molecule has 3 N–H and O–H groups in total.